The summed E-state index contributed by atoms with van der Waals surface area (Å²) in [6, 6.07) is 0. The van der Waals surface area contributed by atoms with Crippen molar-refractivity contribution in [2.45, 2.75) is 20.3 Å². The van der Waals surface area contributed by atoms with E-state index in [1.165, 1.54) is 0 Å². The summed E-state index contributed by atoms with van der Waals surface area (Å²) in [4.78, 5) is 25.0. The van der Waals surface area contributed by atoms with Gasteiger partial charge in [-0.1, -0.05) is 0 Å². The third-order valence-electron chi connectivity index (χ3n) is 3.60. The number of ketones is 2. The van der Waals surface area contributed by atoms with E-state index >= 15 is 0 Å². The van der Waals surface area contributed by atoms with Gasteiger partial charge in [-0.15, -0.1) is 0 Å². The van der Waals surface area contributed by atoms with Crippen LogP contribution in [-0.4, -0.2) is 37.1 Å². The van der Waals surface area contributed by atoms with Crippen molar-refractivity contribution in [3.8, 4) is 0 Å². The van der Waals surface area contributed by atoms with E-state index in [1.54, 1.807) is 13.8 Å². The van der Waals surface area contributed by atoms with Crippen LogP contribution >= 0.6 is 0 Å². The molecule has 1 saturated carbocycles. The second-order valence-electron chi connectivity index (χ2n) is 5.17. The summed E-state index contributed by atoms with van der Waals surface area (Å²) in [6.07, 6.45) is 0.629. The predicted octanol–water partition coefficient (Wildman–Crippen LogP) is 1.31. The molecule has 4 atom stereocenters. The normalized spacial score (nSPS) is 34.4. The van der Waals surface area contributed by atoms with Crippen LogP contribution in [0.25, 0.3) is 0 Å². The molecule has 0 aromatic rings. The number of hydrogen-bond donors (Lipinski definition) is 0. The lowest BCUT2D eigenvalue weighted by atomic mass is 9.86. The zero-order valence-electron chi connectivity index (χ0n) is 10.6. The van der Waals surface area contributed by atoms with E-state index in [2.05, 4.69) is 0 Å². The van der Waals surface area contributed by atoms with Crippen molar-refractivity contribution in [1.82, 2.24) is 4.90 Å². The highest BCUT2D eigenvalue weighted by atomic mass is 16.1. The van der Waals surface area contributed by atoms with Crippen LogP contribution in [0.15, 0.2) is 0 Å². The monoisotopic (exact) mass is 223 g/mol. The molecule has 1 unspecified atom stereocenters. The molecule has 16 heavy (non-hydrogen) atoms. The Morgan fingerprint density at radius 1 is 1.19 bits per heavy atom. The van der Waals surface area contributed by atoms with Gasteiger partial charge in [0.25, 0.3) is 0 Å². The molecule has 0 bridgehead atoms. The van der Waals surface area contributed by atoms with Crippen LogP contribution in [0.3, 0.4) is 0 Å². The Morgan fingerprint density at radius 2 is 1.69 bits per heavy atom. The molecule has 90 valence electrons. The lowest BCUT2D eigenvalue weighted by Crippen LogP contribution is -2.31. The summed E-state index contributed by atoms with van der Waals surface area (Å²) in [7, 11) is 3.93. The largest absolute Gasteiger partial charge is 0.309 e. The number of rotatable bonds is 4. The fourth-order valence-corrected chi connectivity index (χ4v) is 2.75. The summed E-state index contributed by atoms with van der Waals surface area (Å²) >= 11 is 0. The lowest BCUT2D eigenvalue weighted by molar-refractivity contribution is -0.122. The van der Waals surface area contributed by atoms with E-state index in [0.717, 1.165) is 6.54 Å². The smallest absolute Gasteiger partial charge is 0.133 e. The van der Waals surface area contributed by atoms with Crippen LogP contribution in [0.1, 0.15) is 20.3 Å². The van der Waals surface area contributed by atoms with Gasteiger partial charge in [0.2, 0.25) is 0 Å². The van der Waals surface area contributed by atoms with Crippen molar-refractivity contribution in [3.05, 3.63) is 6.92 Å². The van der Waals surface area contributed by atoms with Crippen LogP contribution in [-0.2, 0) is 9.59 Å². The van der Waals surface area contributed by atoms with Crippen molar-refractivity contribution in [2.24, 2.45) is 23.7 Å². The Bertz CT molecular complexity index is 286. The molecule has 3 nitrogen and oxygen atoms in total. The maximum atomic E-state index is 11.6. The SMILES string of the molecule is [CH]C1[C@@H](C(C)=O)C[C@@H](C(C)=O)[C@@H]1CN(C)C. The zero-order valence-corrected chi connectivity index (χ0v) is 10.6. The third kappa shape index (κ3) is 2.70. The molecule has 0 amide bonds. The Hall–Kier alpha value is -0.700. The first-order chi connectivity index (χ1) is 7.34. The molecule has 1 rings (SSSR count). The van der Waals surface area contributed by atoms with Gasteiger partial charge in [0.1, 0.15) is 11.6 Å². The fourth-order valence-electron chi connectivity index (χ4n) is 2.75. The molecule has 1 fully saturated rings. The molecule has 0 spiro atoms. The van der Waals surface area contributed by atoms with Crippen LogP contribution in [0.5, 0.6) is 0 Å². The first kappa shape index (κ1) is 13.4. The number of hydrogen-bond acceptors (Lipinski definition) is 3. The second kappa shape index (κ2) is 5.09. The maximum Gasteiger partial charge on any atom is 0.133 e. The van der Waals surface area contributed by atoms with Crippen LogP contribution in [0.4, 0.5) is 0 Å². The first-order valence-electron chi connectivity index (χ1n) is 5.75. The highest BCUT2D eigenvalue weighted by molar-refractivity contribution is 5.83. The lowest BCUT2D eigenvalue weighted by Gasteiger charge is -2.25. The number of carbonyl (C=O) groups is 2. The Balaban J connectivity index is 2.84. The van der Waals surface area contributed by atoms with Crippen molar-refractivity contribution in [2.75, 3.05) is 20.6 Å². The maximum absolute atomic E-state index is 11.6. The van der Waals surface area contributed by atoms with E-state index in [9.17, 15) is 9.59 Å². The molecule has 0 aliphatic heterocycles. The molecule has 0 N–H and O–H groups in total. The van der Waals surface area contributed by atoms with E-state index in [1.807, 2.05) is 19.0 Å². The van der Waals surface area contributed by atoms with Crippen molar-refractivity contribution in [1.29, 1.82) is 0 Å². The van der Waals surface area contributed by atoms with Crippen molar-refractivity contribution >= 4 is 11.6 Å². The van der Waals surface area contributed by atoms with Crippen LogP contribution in [0, 0.1) is 30.6 Å². The summed E-state index contributed by atoms with van der Waals surface area (Å²) < 4.78 is 0. The highest BCUT2D eigenvalue weighted by Gasteiger charge is 2.44. The molecule has 0 aromatic carbocycles. The predicted molar refractivity (Wildman–Crippen MR) is 62.8 cm³/mol. The highest BCUT2D eigenvalue weighted by Crippen LogP contribution is 2.42. The average molecular weight is 223 g/mol. The van der Waals surface area contributed by atoms with E-state index < -0.39 is 0 Å². The van der Waals surface area contributed by atoms with Gasteiger partial charge < -0.3 is 4.90 Å². The van der Waals surface area contributed by atoms with E-state index in [0.29, 0.717) is 6.42 Å². The van der Waals surface area contributed by atoms with E-state index in [-0.39, 0.29) is 35.2 Å². The molecule has 0 heterocycles. The van der Waals surface area contributed by atoms with Crippen LogP contribution in [0.2, 0.25) is 0 Å². The van der Waals surface area contributed by atoms with Gasteiger partial charge >= 0.3 is 0 Å². The number of nitrogens with zero attached hydrogens (tertiary/aromatic N) is 1. The molecule has 0 aromatic heterocycles. The Labute approximate surface area is 98.2 Å². The molecule has 0 saturated heterocycles. The number of Topliss-reactive ketones (excluding diaryl/α,β-unsaturated/α-hetero) is 2. The van der Waals surface area contributed by atoms with Gasteiger partial charge in [-0.05, 0) is 53.1 Å². The van der Waals surface area contributed by atoms with Crippen molar-refractivity contribution < 1.29 is 9.59 Å². The van der Waals surface area contributed by atoms with Gasteiger partial charge in [-0.3, -0.25) is 9.59 Å². The van der Waals surface area contributed by atoms with Gasteiger partial charge in [0, 0.05) is 18.4 Å². The molecular weight excluding hydrogens is 202 g/mol. The minimum absolute atomic E-state index is 0.0497. The number of carbonyl (C=O) groups excluding carboxylic acids is 2. The van der Waals surface area contributed by atoms with Crippen LogP contribution < -0.4 is 0 Å². The second-order valence-corrected chi connectivity index (χ2v) is 5.17. The minimum Gasteiger partial charge on any atom is -0.309 e. The summed E-state index contributed by atoms with van der Waals surface area (Å²) in [5.74, 6) is 0.0198. The first-order valence-corrected chi connectivity index (χ1v) is 5.75. The van der Waals surface area contributed by atoms with Gasteiger partial charge in [-0.25, -0.2) is 0 Å². The summed E-state index contributed by atoms with van der Waals surface area (Å²) in [5.41, 5.74) is 0. The average Bonchev–Trinajstić information content (AvgIpc) is 2.43. The molecule has 2 radical (unpaired) electrons. The minimum atomic E-state index is -0.172. The van der Waals surface area contributed by atoms with Crippen molar-refractivity contribution in [3.63, 3.8) is 0 Å². The Kier molecular flexibility index (Phi) is 4.25. The quantitative estimate of drug-likeness (QED) is 0.721. The van der Waals surface area contributed by atoms with E-state index in [4.69, 9.17) is 6.92 Å². The Morgan fingerprint density at radius 3 is 2.06 bits per heavy atom. The third-order valence-corrected chi connectivity index (χ3v) is 3.60. The molecular formula is C13H21NO2. The molecule has 3 heteroatoms. The standard InChI is InChI=1S/C13H21NO2/c1-8-11(9(2)15)6-12(10(3)16)13(8)7-14(4)5/h1,8,11-13H,6-7H2,2-5H3/t8?,11-,12-,13+/m0/s1. The molecule has 1 aliphatic rings. The van der Waals surface area contributed by atoms with Gasteiger partial charge in [0.15, 0.2) is 0 Å². The van der Waals surface area contributed by atoms with Gasteiger partial charge in [0.05, 0.1) is 0 Å². The zero-order chi connectivity index (χ0) is 12.5. The van der Waals surface area contributed by atoms with Gasteiger partial charge in [-0.2, -0.15) is 0 Å². The summed E-state index contributed by atoms with van der Waals surface area (Å²) in [5, 5.41) is 0. The topological polar surface area (TPSA) is 37.4 Å². The summed E-state index contributed by atoms with van der Waals surface area (Å²) in [6.45, 7) is 10.0. The molecule has 1 aliphatic carbocycles. The fraction of sp³-hybridized carbons (Fsp3) is 0.769.